The van der Waals surface area contributed by atoms with Crippen molar-refractivity contribution in [2.45, 2.75) is 32.4 Å². The Labute approximate surface area is 171 Å². The molecule has 1 aromatic heterocycles. The molecule has 4 rings (SSSR count). The van der Waals surface area contributed by atoms with E-state index in [1.54, 1.807) is 0 Å². The predicted octanol–water partition coefficient (Wildman–Crippen LogP) is 6.08. The molecule has 1 aliphatic heterocycles. The van der Waals surface area contributed by atoms with E-state index in [2.05, 4.69) is 20.9 Å². The van der Waals surface area contributed by atoms with Crippen LogP contribution < -0.4 is 0 Å². The summed E-state index contributed by atoms with van der Waals surface area (Å²) in [7, 11) is 0. The molecule has 0 radical (unpaired) electrons. The van der Waals surface area contributed by atoms with Crippen LogP contribution in [0.5, 0.6) is 0 Å². The lowest BCUT2D eigenvalue weighted by molar-refractivity contribution is 0.0655. The summed E-state index contributed by atoms with van der Waals surface area (Å²) in [4.78, 5) is 18.1. The lowest BCUT2D eigenvalue weighted by Gasteiger charge is -2.35. The van der Waals surface area contributed by atoms with Gasteiger partial charge in [0.05, 0.1) is 6.10 Å². The maximum Gasteiger partial charge on any atom is 0.410 e. The molecule has 1 aliphatic rings. The molecule has 0 aliphatic carbocycles. The second kappa shape index (κ2) is 7.21. The van der Waals surface area contributed by atoms with Crippen LogP contribution >= 0.6 is 27.5 Å². The van der Waals surface area contributed by atoms with Crippen LogP contribution in [-0.4, -0.2) is 28.6 Å². The Morgan fingerprint density at radius 1 is 1.26 bits per heavy atom. The molecule has 1 amide bonds. The van der Waals surface area contributed by atoms with Gasteiger partial charge >= 0.3 is 6.09 Å². The number of H-pyrrole nitrogens is 1. The summed E-state index contributed by atoms with van der Waals surface area (Å²) in [5, 5.41) is 1.84. The van der Waals surface area contributed by atoms with Gasteiger partial charge in [-0.05, 0) is 61.7 Å². The van der Waals surface area contributed by atoms with Crippen molar-refractivity contribution in [2.24, 2.45) is 0 Å². The number of hydrogen-bond acceptors (Lipinski definition) is 2. The highest BCUT2D eigenvalue weighted by Gasteiger charge is 2.35. The van der Waals surface area contributed by atoms with Crippen LogP contribution in [0.4, 0.5) is 4.79 Å². The summed E-state index contributed by atoms with van der Waals surface area (Å²) < 4.78 is 6.52. The van der Waals surface area contributed by atoms with Gasteiger partial charge in [0.1, 0.15) is 6.04 Å². The van der Waals surface area contributed by atoms with Crippen molar-refractivity contribution in [3.05, 3.63) is 68.8 Å². The lowest BCUT2D eigenvalue weighted by atomic mass is 9.93. The molecule has 0 saturated heterocycles. The number of amides is 1. The standard InChI is InChI=1S/C21H20BrClN2O2/c1-12(2)27-21(26)25-10-9-16-17-11-15(23)7-8-18(17)24-19(16)20(25)13-3-5-14(22)6-4-13/h3-8,11-12,20,24H,9-10H2,1-2H3. The topological polar surface area (TPSA) is 45.3 Å². The second-order valence-corrected chi connectivity index (χ2v) is 8.39. The molecule has 2 heterocycles. The molecule has 4 nitrogen and oxygen atoms in total. The van der Waals surface area contributed by atoms with E-state index in [1.807, 2.05) is 61.2 Å². The summed E-state index contributed by atoms with van der Waals surface area (Å²) in [5.41, 5.74) is 4.32. The number of aromatic nitrogens is 1. The van der Waals surface area contributed by atoms with Crippen LogP contribution in [0.3, 0.4) is 0 Å². The van der Waals surface area contributed by atoms with Crippen molar-refractivity contribution in [2.75, 3.05) is 6.54 Å². The highest BCUT2D eigenvalue weighted by Crippen LogP contribution is 2.39. The van der Waals surface area contributed by atoms with Crippen LogP contribution in [0.1, 0.15) is 36.7 Å². The Balaban J connectivity index is 1.86. The number of ether oxygens (including phenoxy) is 1. The number of nitrogens with one attached hydrogen (secondary N) is 1. The molecular formula is C21H20BrClN2O2. The zero-order valence-corrected chi connectivity index (χ0v) is 17.5. The summed E-state index contributed by atoms with van der Waals surface area (Å²) >= 11 is 9.71. The van der Waals surface area contributed by atoms with E-state index >= 15 is 0 Å². The molecule has 0 fully saturated rings. The van der Waals surface area contributed by atoms with Crippen LogP contribution in [0.2, 0.25) is 5.02 Å². The first kappa shape index (κ1) is 18.4. The van der Waals surface area contributed by atoms with Gasteiger partial charge in [0.25, 0.3) is 0 Å². The third kappa shape index (κ3) is 3.46. The fourth-order valence-electron chi connectivity index (χ4n) is 3.72. The average Bonchev–Trinajstić information content (AvgIpc) is 2.99. The molecule has 6 heteroatoms. The van der Waals surface area contributed by atoms with Crippen LogP contribution in [0.15, 0.2) is 46.9 Å². The van der Waals surface area contributed by atoms with Gasteiger partial charge in [0.2, 0.25) is 0 Å². The Kier molecular flexibility index (Phi) is 4.91. The van der Waals surface area contributed by atoms with Crippen molar-refractivity contribution in [1.82, 2.24) is 9.88 Å². The number of carbonyl (C=O) groups is 1. The first-order chi connectivity index (χ1) is 12.9. The van der Waals surface area contributed by atoms with E-state index in [9.17, 15) is 4.79 Å². The summed E-state index contributed by atoms with van der Waals surface area (Å²) in [6.07, 6.45) is 0.307. The third-order valence-electron chi connectivity index (χ3n) is 4.85. The molecule has 0 bridgehead atoms. The Morgan fingerprint density at radius 3 is 2.70 bits per heavy atom. The second-order valence-electron chi connectivity index (χ2n) is 7.04. The lowest BCUT2D eigenvalue weighted by Crippen LogP contribution is -2.41. The Hall–Kier alpha value is -1.98. The third-order valence-corrected chi connectivity index (χ3v) is 5.61. The van der Waals surface area contributed by atoms with E-state index in [1.165, 1.54) is 5.56 Å². The smallest absolute Gasteiger partial charge is 0.410 e. The van der Waals surface area contributed by atoms with Gasteiger partial charge in [-0.1, -0.05) is 39.7 Å². The van der Waals surface area contributed by atoms with Crippen molar-refractivity contribution in [3.8, 4) is 0 Å². The fourth-order valence-corrected chi connectivity index (χ4v) is 4.15. The van der Waals surface area contributed by atoms with E-state index in [-0.39, 0.29) is 18.2 Å². The van der Waals surface area contributed by atoms with E-state index in [4.69, 9.17) is 16.3 Å². The summed E-state index contributed by atoms with van der Waals surface area (Å²) in [6, 6.07) is 13.7. The molecule has 1 atom stereocenters. The highest BCUT2D eigenvalue weighted by molar-refractivity contribution is 9.10. The Bertz CT molecular complexity index is 997. The first-order valence-electron chi connectivity index (χ1n) is 8.96. The highest BCUT2D eigenvalue weighted by atomic mass is 79.9. The van der Waals surface area contributed by atoms with E-state index < -0.39 is 0 Å². The van der Waals surface area contributed by atoms with Gasteiger partial charge < -0.3 is 9.72 Å². The van der Waals surface area contributed by atoms with Crippen molar-refractivity contribution >= 4 is 44.5 Å². The molecule has 0 saturated carbocycles. The molecule has 2 aromatic carbocycles. The SMILES string of the molecule is CC(C)OC(=O)N1CCc2c([nH]c3ccc(Cl)cc23)C1c1ccc(Br)cc1. The number of aromatic amines is 1. The van der Waals surface area contributed by atoms with E-state index in [0.29, 0.717) is 11.6 Å². The maximum atomic E-state index is 12.8. The maximum absolute atomic E-state index is 12.8. The zero-order valence-electron chi connectivity index (χ0n) is 15.1. The van der Waals surface area contributed by atoms with Gasteiger partial charge in [0, 0.05) is 32.6 Å². The minimum Gasteiger partial charge on any atom is -0.447 e. The number of fused-ring (bicyclic) bond motifs is 3. The van der Waals surface area contributed by atoms with E-state index in [0.717, 1.165) is 33.1 Å². The Morgan fingerprint density at radius 2 is 2.00 bits per heavy atom. The number of carbonyl (C=O) groups excluding carboxylic acids is 1. The fraction of sp³-hybridized carbons (Fsp3) is 0.286. The van der Waals surface area contributed by atoms with Crippen molar-refractivity contribution < 1.29 is 9.53 Å². The van der Waals surface area contributed by atoms with Gasteiger partial charge in [-0.15, -0.1) is 0 Å². The molecular weight excluding hydrogens is 428 g/mol. The van der Waals surface area contributed by atoms with Gasteiger partial charge in [-0.3, -0.25) is 4.90 Å². The predicted molar refractivity (Wildman–Crippen MR) is 111 cm³/mol. The van der Waals surface area contributed by atoms with Crippen LogP contribution in [0.25, 0.3) is 10.9 Å². The molecule has 1 N–H and O–H groups in total. The quantitative estimate of drug-likeness (QED) is 0.518. The van der Waals surface area contributed by atoms with Crippen molar-refractivity contribution in [1.29, 1.82) is 0 Å². The summed E-state index contributed by atoms with van der Waals surface area (Å²) in [6.45, 7) is 4.33. The number of rotatable bonds is 2. The van der Waals surface area contributed by atoms with Crippen LogP contribution in [0, 0.1) is 0 Å². The molecule has 1 unspecified atom stereocenters. The normalized spacial score (nSPS) is 16.6. The molecule has 140 valence electrons. The average molecular weight is 448 g/mol. The van der Waals surface area contributed by atoms with Gasteiger partial charge in [-0.2, -0.15) is 0 Å². The minimum atomic E-state index is -0.291. The molecule has 0 spiro atoms. The zero-order chi connectivity index (χ0) is 19.1. The van der Waals surface area contributed by atoms with Gasteiger partial charge in [-0.25, -0.2) is 4.79 Å². The van der Waals surface area contributed by atoms with Crippen molar-refractivity contribution in [3.63, 3.8) is 0 Å². The number of halogens is 2. The van der Waals surface area contributed by atoms with Crippen LogP contribution in [-0.2, 0) is 11.2 Å². The minimum absolute atomic E-state index is 0.161. The number of nitrogens with zero attached hydrogens (tertiary/aromatic N) is 1. The number of benzene rings is 2. The summed E-state index contributed by atoms with van der Waals surface area (Å²) in [5.74, 6) is 0. The molecule has 27 heavy (non-hydrogen) atoms. The molecule has 3 aromatic rings. The number of hydrogen-bond donors (Lipinski definition) is 1. The monoisotopic (exact) mass is 446 g/mol. The largest absolute Gasteiger partial charge is 0.447 e. The first-order valence-corrected chi connectivity index (χ1v) is 10.1. The van der Waals surface area contributed by atoms with Gasteiger partial charge in [0.15, 0.2) is 0 Å².